The van der Waals surface area contributed by atoms with Crippen LogP contribution in [0.5, 0.6) is 0 Å². The molecule has 0 radical (unpaired) electrons. The van der Waals surface area contributed by atoms with E-state index in [-0.39, 0.29) is 24.1 Å². The van der Waals surface area contributed by atoms with Crippen molar-refractivity contribution in [2.24, 2.45) is 0 Å². The standard InChI is InChI=1S/C24H28FN3O2S.ClH/c1-17-7-8-18(2)19(15-17)16-22(29)28(10-4-9-27-11-13-30-14-12-27)24-26-23-20(25)5-3-6-21(23)31-24;/h3,5-8,15H,4,9-14,16H2,1-2H3;1H. The van der Waals surface area contributed by atoms with Crippen molar-refractivity contribution < 1.29 is 13.9 Å². The van der Waals surface area contributed by atoms with Crippen molar-refractivity contribution in [1.29, 1.82) is 0 Å². The Kier molecular flexibility index (Phi) is 8.59. The summed E-state index contributed by atoms with van der Waals surface area (Å²) >= 11 is 1.37. The van der Waals surface area contributed by atoms with Gasteiger partial charge >= 0.3 is 0 Å². The molecule has 0 atom stereocenters. The fraction of sp³-hybridized carbons (Fsp3) is 0.417. The number of thiazole rings is 1. The summed E-state index contributed by atoms with van der Waals surface area (Å²) in [5.41, 5.74) is 3.59. The molecule has 0 bridgehead atoms. The highest BCUT2D eigenvalue weighted by atomic mass is 35.5. The molecule has 5 nitrogen and oxygen atoms in total. The van der Waals surface area contributed by atoms with E-state index in [4.69, 9.17) is 4.74 Å². The molecule has 3 aromatic rings. The van der Waals surface area contributed by atoms with Crippen LogP contribution in [-0.4, -0.2) is 55.2 Å². The number of aromatic nitrogens is 1. The summed E-state index contributed by atoms with van der Waals surface area (Å²) in [5.74, 6) is -0.356. The minimum absolute atomic E-state index is 0. The zero-order valence-corrected chi connectivity index (χ0v) is 20.1. The summed E-state index contributed by atoms with van der Waals surface area (Å²) in [5, 5.41) is 0.567. The van der Waals surface area contributed by atoms with E-state index < -0.39 is 0 Å². The Balaban J connectivity index is 0.00000289. The summed E-state index contributed by atoms with van der Waals surface area (Å²) in [6, 6.07) is 11.1. The van der Waals surface area contributed by atoms with E-state index in [1.165, 1.54) is 17.4 Å². The van der Waals surface area contributed by atoms with Crippen LogP contribution in [0.2, 0.25) is 0 Å². The minimum Gasteiger partial charge on any atom is -0.379 e. The van der Waals surface area contributed by atoms with E-state index in [1.54, 1.807) is 11.0 Å². The highest BCUT2D eigenvalue weighted by Gasteiger charge is 2.22. The first-order chi connectivity index (χ1) is 15.0. The Bertz CT molecular complexity index is 1070. The highest BCUT2D eigenvalue weighted by molar-refractivity contribution is 7.22. The number of carbonyl (C=O) groups excluding carboxylic acids is 1. The molecule has 1 fully saturated rings. The van der Waals surface area contributed by atoms with Crippen LogP contribution in [0.1, 0.15) is 23.1 Å². The van der Waals surface area contributed by atoms with Crippen LogP contribution in [0.15, 0.2) is 36.4 Å². The minimum atomic E-state index is -0.352. The molecule has 4 rings (SSSR count). The van der Waals surface area contributed by atoms with Crippen LogP contribution in [0.4, 0.5) is 9.52 Å². The van der Waals surface area contributed by atoms with Gasteiger partial charge in [-0.1, -0.05) is 41.2 Å². The van der Waals surface area contributed by atoms with Gasteiger partial charge in [0.15, 0.2) is 5.13 Å². The van der Waals surface area contributed by atoms with Gasteiger partial charge in [0, 0.05) is 26.2 Å². The number of hydrogen-bond acceptors (Lipinski definition) is 5. The van der Waals surface area contributed by atoms with E-state index in [1.807, 2.05) is 26.0 Å². The molecule has 0 saturated carbocycles. The molecule has 1 saturated heterocycles. The van der Waals surface area contributed by atoms with Crippen molar-refractivity contribution in [1.82, 2.24) is 9.88 Å². The lowest BCUT2D eigenvalue weighted by molar-refractivity contribution is -0.118. The number of benzene rings is 2. The molecule has 1 aliphatic heterocycles. The quantitative estimate of drug-likeness (QED) is 0.491. The molecule has 8 heteroatoms. The lowest BCUT2D eigenvalue weighted by Crippen LogP contribution is -2.39. The predicted octanol–water partition coefficient (Wildman–Crippen LogP) is 4.77. The van der Waals surface area contributed by atoms with Gasteiger partial charge in [-0.2, -0.15) is 0 Å². The summed E-state index contributed by atoms with van der Waals surface area (Å²) in [6.45, 7) is 8.87. The molecular formula is C24H29ClFN3O2S. The highest BCUT2D eigenvalue weighted by Crippen LogP contribution is 2.31. The van der Waals surface area contributed by atoms with Crippen molar-refractivity contribution in [3.8, 4) is 0 Å². The average Bonchev–Trinajstić information content (AvgIpc) is 3.20. The zero-order chi connectivity index (χ0) is 21.8. The number of carbonyl (C=O) groups is 1. The van der Waals surface area contributed by atoms with Crippen LogP contribution in [0, 0.1) is 19.7 Å². The third-order valence-corrected chi connectivity index (χ3v) is 6.74. The summed E-state index contributed by atoms with van der Waals surface area (Å²) in [4.78, 5) is 22.0. The fourth-order valence-electron chi connectivity index (χ4n) is 3.87. The van der Waals surface area contributed by atoms with Gasteiger partial charge in [-0.05, 0) is 43.5 Å². The Morgan fingerprint density at radius 3 is 2.75 bits per heavy atom. The molecular weight excluding hydrogens is 449 g/mol. The number of para-hydroxylation sites is 1. The van der Waals surface area contributed by atoms with Gasteiger partial charge in [0.05, 0.1) is 24.3 Å². The third kappa shape index (κ3) is 5.84. The summed E-state index contributed by atoms with van der Waals surface area (Å²) in [7, 11) is 0. The first-order valence-corrected chi connectivity index (χ1v) is 11.5. The Labute approximate surface area is 198 Å². The van der Waals surface area contributed by atoms with Crippen LogP contribution in [0.25, 0.3) is 10.2 Å². The summed E-state index contributed by atoms with van der Waals surface area (Å²) < 4.78 is 20.4. The molecule has 172 valence electrons. The average molecular weight is 478 g/mol. The molecule has 2 aromatic carbocycles. The van der Waals surface area contributed by atoms with Crippen LogP contribution in [0.3, 0.4) is 0 Å². The number of morpholine rings is 1. The fourth-order valence-corrected chi connectivity index (χ4v) is 4.90. The smallest absolute Gasteiger partial charge is 0.233 e. The second kappa shape index (κ2) is 11.2. The van der Waals surface area contributed by atoms with Gasteiger partial charge in [-0.25, -0.2) is 9.37 Å². The number of halogens is 2. The monoisotopic (exact) mass is 477 g/mol. The van der Waals surface area contributed by atoms with Crippen molar-refractivity contribution >= 4 is 45.0 Å². The van der Waals surface area contributed by atoms with Crippen molar-refractivity contribution in [2.75, 3.05) is 44.3 Å². The van der Waals surface area contributed by atoms with Crippen molar-refractivity contribution in [2.45, 2.75) is 26.7 Å². The second-order valence-electron chi connectivity index (χ2n) is 8.04. The molecule has 0 aliphatic carbocycles. The van der Waals surface area contributed by atoms with Crippen molar-refractivity contribution in [3.63, 3.8) is 0 Å². The van der Waals surface area contributed by atoms with E-state index >= 15 is 0 Å². The van der Waals surface area contributed by atoms with E-state index in [0.29, 0.717) is 23.6 Å². The van der Waals surface area contributed by atoms with E-state index in [2.05, 4.69) is 22.0 Å². The molecule has 1 amide bonds. The second-order valence-corrected chi connectivity index (χ2v) is 9.05. The molecule has 32 heavy (non-hydrogen) atoms. The largest absolute Gasteiger partial charge is 0.379 e. The SMILES string of the molecule is Cc1ccc(C)c(CC(=O)N(CCCN2CCOCC2)c2nc3c(F)cccc3s2)c1.Cl. The number of aryl methyl sites for hydroxylation is 2. The lowest BCUT2D eigenvalue weighted by Gasteiger charge is -2.27. The summed E-state index contributed by atoms with van der Waals surface area (Å²) in [6.07, 6.45) is 1.14. The van der Waals surface area contributed by atoms with E-state index in [9.17, 15) is 9.18 Å². The molecule has 1 aliphatic rings. The van der Waals surface area contributed by atoms with Crippen LogP contribution >= 0.6 is 23.7 Å². The van der Waals surface area contributed by atoms with E-state index in [0.717, 1.165) is 60.7 Å². The van der Waals surface area contributed by atoms with Gasteiger partial charge in [0.25, 0.3) is 0 Å². The first kappa shape index (κ1) is 24.6. The molecule has 0 N–H and O–H groups in total. The van der Waals surface area contributed by atoms with Gasteiger partial charge in [0.1, 0.15) is 11.3 Å². The maximum Gasteiger partial charge on any atom is 0.233 e. The van der Waals surface area contributed by atoms with Gasteiger partial charge in [0.2, 0.25) is 5.91 Å². The normalized spacial score (nSPS) is 14.3. The number of hydrogen-bond donors (Lipinski definition) is 0. The molecule has 2 heterocycles. The lowest BCUT2D eigenvalue weighted by atomic mass is 10.0. The number of nitrogens with zero attached hydrogens (tertiary/aromatic N) is 3. The molecule has 1 aromatic heterocycles. The van der Waals surface area contributed by atoms with Gasteiger partial charge in [-0.15, -0.1) is 12.4 Å². The number of ether oxygens (including phenoxy) is 1. The number of anilines is 1. The zero-order valence-electron chi connectivity index (χ0n) is 18.5. The molecule has 0 spiro atoms. The maximum atomic E-state index is 14.2. The number of amides is 1. The number of fused-ring (bicyclic) bond motifs is 1. The first-order valence-electron chi connectivity index (χ1n) is 10.7. The number of rotatable bonds is 7. The Hall–Kier alpha value is -2.06. The van der Waals surface area contributed by atoms with Crippen molar-refractivity contribution in [3.05, 3.63) is 58.9 Å². The topological polar surface area (TPSA) is 45.7 Å². The Morgan fingerprint density at radius 1 is 1.22 bits per heavy atom. The predicted molar refractivity (Wildman–Crippen MR) is 131 cm³/mol. The Morgan fingerprint density at radius 2 is 2.00 bits per heavy atom. The van der Waals surface area contributed by atoms with Gasteiger partial charge in [-0.3, -0.25) is 14.6 Å². The van der Waals surface area contributed by atoms with Gasteiger partial charge < -0.3 is 4.74 Å². The molecule has 0 unspecified atom stereocenters. The van der Waals surface area contributed by atoms with Crippen LogP contribution < -0.4 is 4.90 Å². The van der Waals surface area contributed by atoms with Crippen LogP contribution in [-0.2, 0) is 16.0 Å². The maximum absolute atomic E-state index is 14.2. The third-order valence-electron chi connectivity index (χ3n) is 5.70.